The third-order valence-corrected chi connectivity index (χ3v) is 4.52. The summed E-state index contributed by atoms with van der Waals surface area (Å²) >= 11 is 7.33. The molecule has 0 aliphatic rings. The van der Waals surface area contributed by atoms with Crippen molar-refractivity contribution in [3.8, 4) is 0 Å². The van der Waals surface area contributed by atoms with Gasteiger partial charge in [0.1, 0.15) is 4.88 Å². The molecule has 104 valence electrons. The van der Waals surface area contributed by atoms with E-state index < -0.39 is 5.97 Å². The van der Waals surface area contributed by atoms with Gasteiger partial charge in [-0.15, -0.1) is 11.3 Å². The van der Waals surface area contributed by atoms with Crippen molar-refractivity contribution in [3.63, 3.8) is 0 Å². The maximum Gasteiger partial charge on any atom is 0.335 e. The summed E-state index contributed by atoms with van der Waals surface area (Å²) in [4.78, 5) is 23.4. The van der Waals surface area contributed by atoms with E-state index in [2.05, 4.69) is 5.32 Å². The van der Waals surface area contributed by atoms with Gasteiger partial charge in [0.05, 0.1) is 10.6 Å². The lowest BCUT2D eigenvalue weighted by molar-refractivity contribution is 0.0696. The smallest absolute Gasteiger partial charge is 0.335 e. The molecule has 1 aromatic carbocycles. The lowest BCUT2D eigenvalue weighted by atomic mass is 10.1. The number of thiophene rings is 1. The van der Waals surface area contributed by atoms with Crippen molar-refractivity contribution in [2.24, 2.45) is 0 Å². The Kier molecular flexibility index (Phi) is 4.11. The molecule has 0 aliphatic heterocycles. The molecule has 0 saturated heterocycles. The van der Waals surface area contributed by atoms with Crippen molar-refractivity contribution in [1.82, 2.24) is 0 Å². The monoisotopic (exact) mass is 309 g/mol. The first-order chi connectivity index (χ1) is 9.40. The van der Waals surface area contributed by atoms with Crippen LogP contribution in [0.15, 0.2) is 23.6 Å². The summed E-state index contributed by atoms with van der Waals surface area (Å²) in [6, 6.07) is 4.54. The Morgan fingerprint density at radius 1 is 1.25 bits per heavy atom. The van der Waals surface area contributed by atoms with Crippen molar-refractivity contribution in [1.29, 1.82) is 0 Å². The summed E-state index contributed by atoms with van der Waals surface area (Å²) in [6.45, 7) is 3.58. The van der Waals surface area contributed by atoms with Crippen LogP contribution in [0.2, 0.25) is 5.02 Å². The molecule has 0 bridgehead atoms. The van der Waals surface area contributed by atoms with Gasteiger partial charge in [0, 0.05) is 5.69 Å². The van der Waals surface area contributed by atoms with Crippen molar-refractivity contribution in [2.45, 2.75) is 13.8 Å². The van der Waals surface area contributed by atoms with Gasteiger partial charge in [-0.2, -0.15) is 0 Å². The molecule has 20 heavy (non-hydrogen) atoms. The number of anilines is 1. The van der Waals surface area contributed by atoms with Gasteiger partial charge < -0.3 is 10.4 Å². The molecule has 0 radical (unpaired) electrons. The fourth-order valence-corrected chi connectivity index (χ4v) is 2.87. The number of benzene rings is 1. The molecular formula is C14H12ClNO3S. The highest BCUT2D eigenvalue weighted by Gasteiger charge is 2.16. The molecule has 2 aromatic rings. The van der Waals surface area contributed by atoms with Crippen LogP contribution in [0.25, 0.3) is 0 Å². The molecule has 2 rings (SSSR count). The maximum absolute atomic E-state index is 12.1. The van der Waals surface area contributed by atoms with Crippen LogP contribution in [-0.4, -0.2) is 17.0 Å². The summed E-state index contributed by atoms with van der Waals surface area (Å²) in [7, 11) is 0. The summed E-state index contributed by atoms with van der Waals surface area (Å²) in [5, 5.41) is 13.9. The van der Waals surface area contributed by atoms with E-state index in [9.17, 15) is 9.59 Å². The normalized spacial score (nSPS) is 10.3. The van der Waals surface area contributed by atoms with Gasteiger partial charge in [-0.1, -0.05) is 11.6 Å². The highest BCUT2D eigenvalue weighted by Crippen LogP contribution is 2.28. The van der Waals surface area contributed by atoms with Crippen LogP contribution in [0.3, 0.4) is 0 Å². The quantitative estimate of drug-likeness (QED) is 0.901. The fraction of sp³-hybridized carbons (Fsp3) is 0.143. The highest BCUT2D eigenvalue weighted by molar-refractivity contribution is 7.13. The highest BCUT2D eigenvalue weighted by atomic mass is 35.5. The minimum absolute atomic E-state index is 0.186. The van der Waals surface area contributed by atoms with E-state index in [1.165, 1.54) is 23.5 Å². The third kappa shape index (κ3) is 2.84. The first-order valence-corrected chi connectivity index (χ1v) is 7.04. The predicted molar refractivity (Wildman–Crippen MR) is 80.2 cm³/mol. The molecule has 0 fully saturated rings. The van der Waals surface area contributed by atoms with E-state index in [4.69, 9.17) is 16.7 Å². The fourth-order valence-electron chi connectivity index (χ4n) is 1.70. The number of carbonyl (C=O) groups is 2. The number of aryl methyl sites for hydroxylation is 2. The number of halogens is 1. The molecule has 0 atom stereocenters. The Morgan fingerprint density at radius 3 is 2.45 bits per heavy atom. The van der Waals surface area contributed by atoms with Gasteiger partial charge in [0.15, 0.2) is 0 Å². The Morgan fingerprint density at radius 2 is 1.95 bits per heavy atom. The number of carboxylic acid groups (broad SMARTS) is 1. The van der Waals surface area contributed by atoms with Gasteiger partial charge in [-0.25, -0.2) is 4.79 Å². The van der Waals surface area contributed by atoms with E-state index in [1.54, 1.807) is 13.0 Å². The van der Waals surface area contributed by atoms with Crippen LogP contribution >= 0.6 is 22.9 Å². The Bertz CT molecular complexity index is 694. The maximum atomic E-state index is 12.1. The van der Waals surface area contributed by atoms with E-state index >= 15 is 0 Å². The molecule has 6 heteroatoms. The number of nitrogens with one attached hydrogen (secondary N) is 1. The average molecular weight is 310 g/mol. The second kappa shape index (κ2) is 5.64. The van der Waals surface area contributed by atoms with Gasteiger partial charge in [0.25, 0.3) is 5.91 Å². The molecule has 4 nitrogen and oxygen atoms in total. The molecule has 0 aliphatic carbocycles. The molecular weight excluding hydrogens is 298 g/mol. The average Bonchev–Trinajstić information content (AvgIpc) is 2.72. The zero-order valence-corrected chi connectivity index (χ0v) is 12.4. The first kappa shape index (κ1) is 14.6. The van der Waals surface area contributed by atoms with Gasteiger partial charge in [-0.05, 0) is 48.6 Å². The molecule has 1 heterocycles. The number of carbonyl (C=O) groups excluding carboxylic acids is 1. The zero-order valence-electron chi connectivity index (χ0n) is 10.9. The second-order valence-corrected chi connectivity index (χ2v) is 5.61. The van der Waals surface area contributed by atoms with Crippen LogP contribution in [0.5, 0.6) is 0 Å². The summed E-state index contributed by atoms with van der Waals surface area (Å²) in [6.07, 6.45) is 0. The second-order valence-electron chi connectivity index (χ2n) is 4.35. The number of carboxylic acids is 1. The number of hydrogen-bond acceptors (Lipinski definition) is 3. The predicted octanol–water partition coefficient (Wildman–Crippen LogP) is 3.97. The Hall–Kier alpha value is -1.85. The minimum atomic E-state index is -0.997. The van der Waals surface area contributed by atoms with E-state index in [1.807, 2.05) is 12.3 Å². The summed E-state index contributed by atoms with van der Waals surface area (Å²) in [5.41, 5.74) is 2.30. The van der Waals surface area contributed by atoms with Crippen LogP contribution in [0.1, 0.15) is 31.2 Å². The van der Waals surface area contributed by atoms with Gasteiger partial charge in [-0.3, -0.25) is 4.79 Å². The van der Waals surface area contributed by atoms with Crippen LogP contribution in [0.4, 0.5) is 5.69 Å². The Balaban J connectivity index is 2.24. The lowest BCUT2D eigenvalue weighted by Gasteiger charge is -2.08. The number of aromatic carboxylic acids is 1. The summed E-state index contributed by atoms with van der Waals surface area (Å²) < 4.78 is 0. The third-order valence-electron chi connectivity index (χ3n) is 2.83. The number of amides is 1. The van der Waals surface area contributed by atoms with E-state index in [0.29, 0.717) is 21.2 Å². The van der Waals surface area contributed by atoms with Gasteiger partial charge >= 0.3 is 5.97 Å². The zero-order chi connectivity index (χ0) is 14.9. The standard InChI is InChI=1S/C14H12ClNO3S/c1-7-5-9(14(18)19)3-4-10(7)16-13(17)12-11(15)8(2)6-20-12/h3-6H,1-2H3,(H,16,17)(H,18,19). The Labute approximate surface area is 125 Å². The SMILES string of the molecule is Cc1cc(C(=O)O)ccc1NC(=O)c1scc(C)c1Cl. The van der Waals surface area contributed by atoms with Crippen LogP contribution in [0, 0.1) is 13.8 Å². The van der Waals surface area contributed by atoms with Crippen molar-refractivity contribution < 1.29 is 14.7 Å². The molecule has 2 N–H and O–H groups in total. The summed E-state index contributed by atoms with van der Waals surface area (Å²) in [5.74, 6) is -1.29. The number of rotatable bonds is 3. The number of hydrogen-bond donors (Lipinski definition) is 2. The molecule has 0 unspecified atom stereocenters. The van der Waals surface area contributed by atoms with Gasteiger partial charge in [0.2, 0.25) is 0 Å². The molecule has 1 amide bonds. The van der Waals surface area contributed by atoms with Crippen LogP contribution < -0.4 is 5.32 Å². The minimum Gasteiger partial charge on any atom is -0.478 e. The first-order valence-electron chi connectivity index (χ1n) is 5.79. The largest absolute Gasteiger partial charge is 0.478 e. The molecule has 1 aromatic heterocycles. The lowest BCUT2D eigenvalue weighted by Crippen LogP contribution is -2.12. The topological polar surface area (TPSA) is 66.4 Å². The van der Waals surface area contributed by atoms with Crippen LogP contribution in [-0.2, 0) is 0 Å². The molecule has 0 spiro atoms. The van der Waals surface area contributed by atoms with Crippen molar-refractivity contribution in [3.05, 3.63) is 50.2 Å². The van der Waals surface area contributed by atoms with Crippen molar-refractivity contribution in [2.75, 3.05) is 5.32 Å². The van der Waals surface area contributed by atoms with E-state index in [0.717, 1.165) is 5.56 Å². The molecule has 0 saturated carbocycles. The van der Waals surface area contributed by atoms with E-state index in [-0.39, 0.29) is 11.5 Å². The van der Waals surface area contributed by atoms with Crippen molar-refractivity contribution >= 4 is 40.5 Å².